The Hall–Kier alpha value is -3.74. The fourth-order valence-electron chi connectivity index (χ4n) is 4.39. The van der Waals surface area contributed by atoms with E-state index in [9.17, 15) is 13.6 Å². The van der Waals surface area contributed by atoms with Crippen LogP contribution in [0.3, 0.4) is 0 Å². The van der Waals surface area contributed by atoms with E-state index in [1.807, 2.05) is 24.3 Å². The van der Waals surface area contributed by atoms with Gasteiger partial charge in [0, 0.05) is 23.9 Å². The number of anilines is 1. The van der Waals surface area contributed by atoms with E-state index in [-0.39, 0.29) is 12.1 Å². The monoisotopic (exact) mass is 461 g/mol. The molecule has 5 nitrogen and oxygen atoms in total. The number of urea groups is 1. The van der Waals surface area contributed by atoms with Gasteiger partial charge in [-0.1, -0.05) is 32.0 Å². The molecule has 34 heavy (non-hydrogen) atoms. The zero-order valence-corrected chi connectivity index (χ0v) is 19.0. The number of oxazole rings is 1. The minimum atomic E-state index is -0.636. The molecule has 1 aromatic heterocycles. The Morgan fingerprint density at radius 3 is 2.62 bits per heavy atom. The number of nitrogens with zero attached hydrogens (tertiary/aromatic N) is 2. The normalized spacial score (nSPS) is 15.9. The molecule has 3 aromatic carbocycles. The van der Waals surface area contributed by atoms with E-state index in [0.29, 0.717) is 40.6 Å². The van der Waals surface area contributed by atoms with Crippen molar-refractivity contribution in [3.63, 3.8) is 0 Å². The molecule has 1 aliphatic heterocycles. The van der Waals surface area contributed by atoms with Gasteiger partial charge in [0.1, 0.15) is 23.2 Å². The van der Waals surface area contributed by atoms with Crippen LogP contribution in [-0.4, -0.2) is 22.5 Å². The summed E-state index contributed by atoms with van der Waals surface area (Å²) in [6.07, 6.45) is 1.58. The van der Waals surface area contributed by atoms with Crippen LogP contribution in [0, 0.1) is 11.6 Å². The maximum Gasteiger partial charge on any atom is 0.322 e. The van der Waals surface area contributed by atoms with Crippen LogP contribution in [0.25, 0.3) is 22.2 Å². The van der Waals surface area contributed by atoms with Gasteiger partial charge in [0.15, 0.2) is 5.58 Å². The molecule has 0 radical (unpaired) electrons. The van der Waals surface area contributed by atoms with Gasteiger partial charge in [-0.2, -0.15) is 0 Å². The second-order valence-electron chi connectivity index (χ2n) is 8.92. The van der Waals surface area contributed by atoms with E-state index in [4.69, 9.17) is 4.42 Å². The highest BCUT2D eigenvalue weighted by Gasteiger charge is 2.33. The highest BCUT2D eigenvalue weighted by molar-refractivity contribution is 5.90. The summed E-state index contributed by atoms with van der Waals surface area (Å²) in [6, 6.07) is 16.0. The summed E-state index contributed by atoms with van der Waals surface area (Å²) in [7, 11) is 0. The minimum Gasteiger partial charge on any atom is -0.438 e. The Labute approximate surface area is 196 Å². The van der Waals surface area contributed by atoms with Gasteiger partial charge in [-0.3, -0.25) is 0 Å². The molecule has 5 rings (SSSR count). The molecular formula is C27H25F2N3O2. The van der Waals surface area contributed by atoms with Crippen molar-refractivity contribution in [1.82, 2.24) is 9.88 Å². The zero-order valence-electron chi connectivity index (χ0n) is 19.0. The van der Waals surface area contributed by atoms with Crippen LogP contribution in [-0.2, 0) is 0 Å². The number of nitrogens with one attached hydrogen (secondary N) is 1. The van der Waals surface area contributed by atoms with Crippen molar-refractivity contribution in [3.05, 3.63) is 83.8 Å². The zero-order chi connectivity index (χ0) is 23.8. The topological polar surface area (TPSA) is 58.4 Å². The molecule has 174 valence electrons. The first-order chi connectivity index (χ1) is 16.4. The van der Waals surface area contributed by atoms with Crippen LogP contribution in [0.2, 0.25) is 0 Å². The van der Waals surface area contributed by atoms with Gasteiger partial charge < -0.3 is 14.6 Å². The van der Waals surface area contributed by atoms with Crippen LogP contribution in [0.5, 0.6) is 0 Å². The fourth-order valence-corrected chi connectivity index (χ4v) is 4.39. The number of halogens is 2. The van der Waals surface area contributed by atoms with Crippen LogP contribution in [0.4, 0.5) is 19.3 Å². The first kappa shape index (κ1) is 22.1. The van der Waals surface area contributed by atoms with Crippen molar-refractivity contribution >= 4 is 22.8 Å². The molecule has 0 saturated carbocycles. The van der Waals surface area contributed by atoms with Crippen molar-refractivity contribution < 1.29 is 18.0 Å². The minimum absolute atomic E-state index is 0.198. The number of fused-ring (bicyclic) bond motifs is 1. The third-order valence-electron chi connectivity index (χ3n) is 6.27. The number of hydrogen-bond donors (Lipinski definition) is 1. The summed E-state index contributed by atoms with van der Waals surface area (Å²) >= 11 is 0. The predicted molar refractivity (Wildman–Crippen MR) is 128 cm³/mol. The van der Waals surface area contributed by atoms with Gasteiger partial charge in [0.2, 0.25) is 5.89 Å². The Morgan fingerprint density at radius 2 is 1.88 bits per heavy atom. The number of benzene rings is 3. The molecule has 0 unspecified atom stereocenters. The summed E-state index contributed by atoms with van der Waals surface area (Å²) in [5.74, 6) is -0.383. The third-order valence-corrected chi connectivity index (χ3v) is 6.27. The van der Waals surface area contributed by atoms with Crippen molar-refractivity contribution in [2.24, 2.45) is 0 Å². The maximum absolute atomic E-state index is 14.2. The standard InChI is InChI=1S/C27H25F2N3O2/c1-16(2)17-5-9-20(10-6-17)30-27(33)32-13-3-4-24(32)26-31-23-14-18(7-12-25(23)34-26)21-11-8-19(28)15-22(21)29/h5-12,14-16,24H,3-4,13H2,1-2H3,(H,30,33)/t24-/m1/s1. The molecule has 1 fully saturated rings. The lowest BCUT2D eigenvalue weighted by molar-refractivity contribution is 0.199. The van der Waals surface area contributed by atoms with E-state index in [0.717, 1.165) is 24.6 Å². The van der Waals surface area contributed by atoms with E-state index in [1.165, 1.54) is 17.7 Å². The molecule has 1 N–H and O–H groups in total. The second kappa shape index (κ2) is 8.89. The lowest BCUT2D eigenvalue weighted by Crippen LogP contribution is -2.34. The number of amides is 2. The summed E-state index contributed by atoms with van der Waals surface area (Å²) in [5.41, 5.74) is 3.94. The number of likely N-dealkylation sites (tertiary alicyclic amines) is 1. The summed E-state index contributed by atoms with van der Waals surface area (Å²) < 4.78 is 33.5. The fraction of sp³-hybridized carbons (Fsp3) is 0.259. The molecule has 2 amide bonds. The highest BCUT2D eigenvalue weighted by atomic mass is 19.1. The Kier molecular flexibility index (Phi) is 5.77. The van der Waals surface area contributed by atoms with Gasteiger partial charge >= 0.3 is 6.03 Å². The molecule has 4 aromatic rings. The van der Waals surface area contributed by atoms with E-state index < -0.39 is 11.6 Å². The first-order valence-corrected chi connectivity index (χ1v) is 11.4. The molecular weight excluding hydrogens is 436 g/mol. The number of rotatable bonds is 4. The average molecular weight is 462 g/mol. The van der Waals surface area contributed by atoms with Gasteiger partial charge in [-0.15, -0.1) is 0 Å². The lowest BCUT2D eigenvalue weighted by Gasteiger charge is -2.22. The summed E-state index contributed by atoms with van der Waals surface area (Å²) in [6.45, 7) is 4.86. The molecule has 0 spiro atoms. The Morgan fingerprint density at radius 1 is 1.09 bits per heavy atom. The number of hydrogen-bond acceptors (Lipinski definition) is 3. The maximum atomic E-state index is 14.2. The molecule has 7 heteroatoms. The SMILES string of the molecule is CC(C)c1ccc(NC(=O)N2CCC[C@@H]2c2nc3cc(-c4ccc(F)cc4F)ccc3o2)cc1. The molecule has 1 atom stereocenters. The van der Waals surface area contributed by atoms with Crippen LogP contribution >= 0.6 is 0 Å². The van der Waals surface area contributed by atoms with Crippen LogP contribution in [0.1, 0.15) is 50.1 Å². The third kappa shape index (κ3) is 4.25. The van der Waals surface area contributed by atoms with Crippen molar-refractivity contribution in [1.29, 1.82) is 0 Å². The van der Waals surface area contributed by atoms with Crippen molar-refractivity contribution in [2.45, 2.75) is 38.6 Å². The number of aromatic nitrogens is 1. The van der Waals surface area contributed by atoms with Crippen LogP contribution in [0.15, 0.2) is 65.1 Å². The quantitative estimate of drug-likeness (QED) is 0.348. The second-order valence-corrected chi connectivity index (χ2v) is 8.92. The number of carbonyl (C=O) groups excluding carboxylic acids is 1. The average Bonchev–Trinajstić information content (AvgIpc) is 3.46. The highest BCUT2D eigenvalue weighted by Crippen LogP contribution is 2.35. The Balaban J connectivity index is 1.37. The summed E-state index contributed by atoms with van der Waals surface area (Å²) in [4.78, 5) is 19.4. The molecule has 0 bridgehead atoms. The molecule has 0 aliphatic carbocycles. The van der Waals surface area contributed by atoms with Gasteiger partial charge in [0.25, 0.3) is 0 Å². The molecule has 2 heterocycles. The molecule has 1 saturated heterocycles. The first-order valence-electron chi connectivity index (χ1n) is 11.4. The largest absolute Gasteiger partial charge is 0.438 e. The van der Waals surface area contributed by atoms with E-state index in [2.05, 4.69) is 24.1 Å². The number of carbonyl (C=O) groups is 1. The van der Waals surface area contributed by atoms with E-state index >= 15 is 0 Å². The summed E-state index contributed by atoms with van der Waals surface area (Å²) in [5, 5.41) is 2.97. The smallest absolute Gasteiger partial charge is 0.322 e. The van der Waals surface area contributed by atoms with Gasteiger partial charge in [-0.25, -0.2) is 18.6 Å². The Bertz CT molecular complexity index is 1350. The van der Waals surface area contributed by atoms with Gasteiger partial charge in [0.05, 0.1) is 0 Å². The predicted octanol–water partition coefficient (Wildman–Crippen LogP) is 7.27. The lowest BCUT2D eigenvalue weighted by atomic mass is 10.0. The van der Waals surface area contributed by atoms with Crippen LogP contribution < -0.4 is 5.32 Å². The van der Waals surface area contributed by atoms with Crippen molar-refractivity contribution in [3.8, 4) is 11.1 Å². The van der Waals surface area contributed by atoms with Crippen molar-refractivity contribution in [2.75, 3.05) is 11.9 Å². The molecule has 1 aliphatic rings. The van der Waals surface area contributed by atoms with E-state index in [1.54, 1.807) is 23.1 Å². The van der Waals surface area contributed by atoms with Gasteiger partial charge in [-0.05, 0) is 66.3 Å².